The summed E-state index contributed by atoms with van der Waals surface area (Å²) in [7, 11) is 0. The lowest BCUT2D eigenvalue weighted by atomic mass is 9.93. The van der Waals surface area contributed by atoms with E-state index in [2.05, 4.69) is 44.6 Å². The Morgan fingerprint density at radius 1 is 1.11 bits per heavy atom. The average molecular weight is 373 g/mol. The Morgan fingerprint density at radius 3 is 2.64 bits per heavy atom. The van der Waals surface area contributed by atoms with Gasteiger partial charge in [0.25, 0.3) is 0 Å². The van der Waals surface area contributed by atoms with Gasteiger partial charge in [-0.2, -0.15) is 5.10 Å². The molecule has 2 aliphatic rings. The van der Waals surface area contributed by atoms with Crippen LogP contribution in [0.2, 0.25) is 0 Å². The summed E-state index contributed by atoms with van der Waals surface area (Å²) in [5.74, 6) is 0.904. The molecule has 1 aliphatic heterocycles. The highest BCUT2D eigenvalue weighted by molar-refractivity contribution is 5.78. The van der Waals surface area contributed by atoms with E-state index in [0.717, 1.165) is 49.4 Å². The summed E-state index contributed by atoms with van der Waals surface area (Å²) < 4.78 is 1.91. The van der Waals surface area contributed by atoms with Crippen LogP contribution in [0.1, 0.15) is 41.3 Å². The van der Waals surface area contributed by atoms with E-state index >= 15 is 0 Å². The normalized spacial score (nSPS) is 18.5. The highest BCUT2D eigenvalue weighted by Crippen LogP contribution is 2.31. The lowest BCUT2D eigenvalue weighted by Crippen LogP contribution is -2.37. The Hall–Kier alpha value is -2.99. The van der Waals surface area contributed by atoms with E-state index in [0.29, 0.717) is 6.54 Å². The van der Waals surface area contributed by atoms with Crippen molar-refractivity contribution < 1.29 is 4.79 Å². The van der Waals surface area contributed by atoms with Crippen LogP contribution in [0.5, 0.6) is 0 Å². The number of hydrogen-bond acceptors (Lipinski definition) is 4. The minimum absolute atomic E-state index is 0.0266. The van der Waals surface area contributed by atoms with Gasteiger partial charge in [-0.05, 0) is 42.5 Å². The van der Waals surface area contributed by atoms with E-state index in [1.54, 1.807) is 6.20 Å². The first-order chi connectivity index (χ1) is 13.8. The third-order valence-electron chi connectivity index (χ3n) is 5.66. The topological polar surface area (TPSA) is 63.1 Å². The molecule has 1 amide bonds. The van der Waals surface area contributed by atoms with Gasteiger partial charge in [0, 0.05) is 24.8 Å². The van der Waals surface area contributed by atoms with Crippen molar-refractivity contribution in [1.29, 1.82) is 0 Å². The monoisotopic (exact) mass is 373 g/mol. The molecule has 0 bridgehead atoms. The molecule has 0 radical (unpaired) electrons. The van der Waals surface area contributed by atoms with Crippen molar-refractivity contribution in [2.24, 2.45) is 0 Å². The Balaban J connectivity index is 1.27. The standard InChI is InChI=1S/C22H23N5O/c28-22(15-26-13-16-6-1-2-7-17(16)14-26)25-19-8-5-9-20-18(19)12-24-27(20)21-10-3-4-11-23-21/h1-4,6-7,10-12,19H,5,8-9,13-15H2,(H,25,28). The molecule has 1 aliphatic carbocycles. The fraction of sp³-hybridized carbons (Fsp3) is 0.318. The van der Waals surface area contributed by atoms with Gasteiger partial charge in [-0.3, -0.25) is 9.69 Å². The second-order valence-electron chi connectivity index (χ2n) is 7.57. The molecule has 1 unspecified atom stereocenters. The van der Waals surface area contributed by atoms with Gasteiger partial charge in [0.15, 0.2) is 5.82 Å². The van der Waals surface area contributed by atoms with Crippen LogP contribution in [-0.4, -0.2) is 32.1 Å². The van der Waals surface area contributed by atoms with Gasteiger partial charge in [0.1, 0.15) is 0 Å². The molecule has 6 heteroatoms. The van der Waals surface area contributed by atoms with Crippen molar-refractivity contribution >= 4 is 5.91 Å². The van der Waals surface area contributed by atoms with E-state index in [1.165, 1.54) is 11.1 Å². The average Bonchev–Trinajstić information content (AvgIpc) is 3.32. The molecule has 3 aromatic rings. The maximum atomic E-state index is 12.7. The molecule has 6 nitrogen and oxygen atoms in total. The third-order valence-corrected chi connectivity index (χ3v) is 5.66. The zero-order chi connectivity index (χ0) is 18.9. The number of rotatable bonds is 4. The van der Waals surface area contributed by atoms with Crippen molar-refractivity contribution in [2.75, 3.05) is 6.54 Å². The molecule has 1 aromatic carbocycles. The van der Waals surface area contributed by atoms with Crippen molar-refractivity contribution in [3.63, 3.8) is 0 Å². The summed E-state index contributed by atoms with van der Waals surface area (Å²) in [4.78, 5) is 19.3. The van der Waals surface area contributed by atoms with E-state index in [1.807, 2.05) is 29.1 Å². The smallest absolute Gasteiger partial charge is 0.234 e. The number of amides is 1. The zero-order valence-corrected chi connectivity index (χ0v) is 15.7. The lowest BCUT2D eigenvalue weighted by Gasteiger charge is -2.25. The molecular formula is C22H23N5O. The number of carbonyl (C=O) groups excluding carboxylic acids is 1. The quantitative estimate of drug-likeness (QED) is 0.764. The molecule has 0 fully saturated rings. The van der Waals surface area contributed by atoms with Crippen LogP contribution in [0.25, 0.3) is 5.82 Å². The van der Waals surface area contributed by atoms with Crippen LogP contribution in [-0.2, 0) is 24.3 Å². The highest BCUT2D eigenvalue weighted by atomic mass is 16.2. The molecule has 0 spiro atoms. The summed E-state index contributed by atoms with van der Waals surface area (Å²) in [6.45, 7) is 2.11. The van der Waals surface area contributed by atoms with Crippen LogP contribution < -0.4 is 5.32 Å². The predicted octanol–water partition coefficient (Wildman–Crippen LogP) is 2.78. The van der Waals surface area contributed by atoms with Crippen LogP contribution in [0.4, 0.5) is 0 Å². The van der Waals surface area contributed by atoms with Crippen molar-refractivity contribution in [1.82, 2.24) is 25.0 Å². The molecular weight excluding hydrogens is 350 g/mol. The third kappa shape index (κ3) is 3.20. The van der Waals surface area contributed by atoms with Gasteiger partial charge in [0.2, 0.25) is 5.91 Å². The van der Waals surface area contributed by atoms with Gasteiger partial charge in [-0.25, -0.2) is 9.67 Å². The minimum atomic E-state index is 0.0266. The Morgan fingerprint density at radius 2 is 1.89 bits per heavy atom. The maximum absolute atomic E-state index is 12.7. The second kappa shape index (κ2) is 7.20. The number of nitrogens with zero attached hydrogens (tertiary/aromatic N) is 4. The van der Waals surface area contributed by atoms with Gasteiger partial charge in [-0.1, -0.05) is 30.3 Å². The minimum Gasteiger partial charge on any atom is -0.348 e. The SMILES string of the molecule is O=C(CN1Cc2ccccc2C1)NC1CCCc2c1cnn2-c1ccccn1. The van der Waals surface area contributed by atoms with E-state index in [9.17, 15) is 4.79 Å². The van der Waals surface area contributed by atoms with Gasteiger partial charge in [0.05, 0.1) is 24.5 Å². The van der Waals surface area contributed by atoms with Gasteiger partial charge >= 0.3 is 0 Å². The number of pyridine rings is 1. The fourth-order valence-corrected chi connectivity index (χ4v) is 4.34. The maximum Gasteiger partial charge on any atom is 0.234 e. The second-order valence-corrected chi connectivity index (χ2v) is 7.57. The fourth-order valence-electron chi connectivity index (χ4n) is 4.34. The summed E-state index contributed by atoms with van der Waals surface area (Å²) in [5, 5.41) is 7.79. The number of benzene rings is 1. The molecule has 1 atom stereocenters. The number of carbonyl (C=O) groups is 1. The summed E-state index contributed by atoms with van der Waals surface area (Å²) in [6, 6.07) is 14.3. The molecule has 28 heavy (non-hydrogen) atoms. The molecule has 142 valence electrons. The molecule has 0 saturated heterocycles. The number of nitrogens with one attached hydrogen (secondary N) is 1. The molecule has 1 N–H and O–H groups in total. The molecule has 0 saturated carbocycles. The summed E-state index contributed by atoms with van der Waals surface area (Å²) in [5.41, 5.74) is 4.93. The summed E-state index contributed by atoms with van der Waals surface area (Å²) in [6.07, 6.45) is 6.61. The highest BCUT2D eigenvalue weighted by Gasteiger charge is 2.27. The van der Waals surface area contributed by atoms with Crippen LogP contribution in [0.15, 0.2) is 54.9 Å². The zero-order valence-electron chi connectivity index (χ0n) is 15.7. The van der Waals surface area contributed by atoms with Gasteiger partial charge < -0.3 is 5.32 Å². The number of aromatic nitrogens is 3. The molecule has 2 aromatic heterocycles. The van der Waals surface area contributed by atoms with Crippen LogP contribution >= 0.6 is 0 Å². The van der Waals surface area contributed by atoms with Crippen LogP contribution in [0, 0.1) is 0 Å². The first kappa shape index (κ1) is 17.1. The predicted molar refractivity (Wildman–Crippen MR) is 106 cm³/mol. The molecule has 3 heterocycles. The Kier molecular flexibility index (Phi) is 4.41. The summed E-state index contributed by atoms with van der Waals surface area (Å²) >= 11 is 0. The lowest BCUT2D eigenvalue weighted by molar-refractivity contribution is -0.123. The van der Waals surface area contributed by atoms with Crippen molar-refractivity contribution in [3.8, 4) is 5.82 Å². The van der Waals surface area contributed by atoms with Crippen molar-refractivity contribution in [2.45, 2.75) is 38.4 Å². The van der Waals surface area contributed by atoms with Crippen molar-refractivity contribution in [3.05, 3.63) is 77.2 Å². The first-order valence-electron chi connectivity index (χ1n) is 9.84. The first-order valence-corrected chi connectivity index (χ1v) is 9.84. The van der Waals surface area contributed by atoms with E-state index in [-0.39, 0.29) is 11.9 Å². The molecule has 5 rings (SSSR count). The van der Waals surface area contributed by atoms with Gasteiger partial charge in [-0.15, -0.1) is 0 Å². The van der Waals surface area contributed by atoms with E-state index in [4.69, 9.17) is 0 Å². The Labute approximate surface area is 164 Å². The Bertz CT molecular complexity index is 972. The number of hydrogen-bond donors (Lipinski definition) is 1. The largest absolute Gasteiger partial charge is 0.348 e. The van der Waals surface area contributed by atoms with E-state index < -0.39 is 0 Å². The van der Waals surface area contributed by atoms with Crippen LogP contribution in [0.3, 0.4) is 0 Å². The number of fused-ring (bicyclic) bond motifs is 2.